The van der Waals surface area contributed by atoms with E-state index in [-0.39, 0.29) is 11.4 Å². The van der Waals surface area contributed by atoms with Gasteiger partial charge in [-0.1, -0.05) is 0 Å². The molecule has 0 radical (unpaired) electrons. The van der Waals surface area contributed by atoms with Crippen molar-refractivity contribution in [2.24, 2.45) is 0 Å². The summed E-state index contributed by atoms with van der Waals surface area (Å²) in [6.07, 6.45) is 3.51. The van der Waals surface area contributed by atoms with Crippen LogP contribution in [0.4, 0.5) is 4.39 Å². The molecule has 1 aliphatic heterocycles. The van der Waals surface area contributed by atoms with Gasteiger partial charge in [0.2, 0.25) is 0 Å². The van der Waals surface area contributed by atoms with Gasteiger partial charge in [-0.2, -0.15) is 0 Å². The van der Waals surface area contributed by atoms with E-state index in [1.54, 1.807) is 0 Å². The van der Waals surface area contributed by atoms with E-state index in [1.807, 2.05) is 6.07 Å². The van der Waals surface area contributed by atoms with Gasteiger partial charge in [0.1, 0.15) is 11.6 Å². The number of rotatable bonds is 2. The number of nitrogens with zero attached hydrogens (tertiary/aromatic N) is 2. The molecule has 1 aliphatic rings. The number of aryl methyl sites for hydroxylation is 1. The van der Waals surface area contributed by atoms with E-state index in [0.29, 0.717) is 0 Å². The summed E-state index contributed by atoms with van der Waals surface area (Å²) < 4.78 is 15.6. The summed E-state index contributed by atoms with van der Waals surface area (Å²) >= 11 is 0. The van der Waals surface area contributed by atoms with E-state index in [4.69, 9.17) is 4.98 Å². The van der Waals surface area contributed by atoms with Crippen LogP contribution in [0.25, 0.3) is 11.0 Å². The van der Waals surface area contributed by atoms with Gasteiger partial charge in [-0.3, -0.25) is 0 Å². The van der Waals surface area contributed by atoms with Gasteiger partial charge in [0, 0.05) is 12.6 Å². The molecule has 1 saturated heterocycles. The molecule has 0 amide bonds. The molecule has 1 aromatic carbocycles. The Labute approximate surface area is 112 Å². The average Bonchev–Trinajstić information content (AvgIpc) is 2.78. The Morgan fingerprint density at radius 3 is 2.95 bits per heavy atom. The largest absolute Gasteiger partial charge is 0.327 e. The summed E-state index contributed by atoms with van der Waals surface area (Å²) in [6, 6.07) is 4.87. The van der Waals surface area contributed by atoms with Gasteiger partial charge in [0.05, 0.1) is 16.6 Å². The molecule has 1 atom stereocenters. The van der Waals surface area contributed by atoms with Crippen molar-refractivity contribution in [2.45, 2.75) is 45.2 Å². The Hall–Kier alpha value is -1.42. The van der Waals surface area contributed by atoms with Gasteiger partial charge < -0.3 is 9.88 Å². The highest BCUT2D eigenvalue weighted by Gasteiger charge is 2.33. The van der Waals surface area contributed by atoms with Crippen molar-refractivity contribution >= 4 is 11.0 Å². The van der Waals surface area contributed by atoms with Crippen LogP contribution in [0.1, 0.15) is 38.9 Å². The molecular weight excluding hydrogens is 241 g/mol. The number of fused-ring (bicyclic) bond motifs is 1. The van der Waals surface area contributed by atoms with Crippen LogP contribution in [-0.4, -0.2) is 16.1 Å². The molecule has 19 heavy (non-hydrogen) atoms. The molecule has 4 heteroatoms. The third-order valence-corrected chi connectivity index (χ3v) is 4.14. The van der Waals surface area contributed by atoms with Crippen molar-refractivity contribution < 1.29 is 4.39 Å². The summed E-state index contributed by atoms with van der Waals surface area (Å²) in [5, 5.41) is 3.58. The lowest BCUT2D eigenvalue weighted by molar-refractivity contribution is 0.262. The molecule has 2 heterocycles. The second kappa shape index (κ2) is 4.60. The Morgan fingerprint density at radius 2 is 2.26 bits per heavy atom. The second-order valence-corrected chi connectivity index (χ2v) is 5.53. The summed E-state index contributed by atoms with van der Waals surface area (Å²) in [5.41, 5.74) is 1.68. The van der Waals surface area contributed by atoms with E-state index in [9.17, 15) is 4.39 Å². The molecule has 0 spiro atoms. The van der Waals surface area contributed by atoms with Crippen molar-refractivity contribution in [1.29, 1.82) is 0 Å². The molecule has 1 fully saturated rings. The third kappa shape index (κ3) is 2.04. The minimum Gasteiger partial charge on any atom is -0.327 e. The Morgan fingerprint density at radius 1 is 1.42 bits per heavy atom. The van der Waals surface area contributed by atoms with E-state index in [0.717, 1.165) is 36.4 Å². The highest BCUT2D eigenvalue weighted by atomic mass is 19.1. The highest BCUT2D eigenvalue weighted by Crippen LogP contribution is 2.31. The maximum Gasteiger partial charge on any atom is 0.129 e. The number of hydrogen-bond donors (Lipinski definition) is 1. The Balaban J connectivity index is 2.17. The number of piperidine rings is 1. The monoisotopic (exact) mass is 261 g/mol. The maximum atomic E-state index is 13.4. The average molecular weight is 261 g/mol. The maximum absolute atomic E-state index is 13.4. The predicted octanol–water partition coefficient (Wildman–Crippen LogP) is 3.18. The van der Waals surface area contributed by atoms with Crippen LogP contribution >= 0.6 is 0 Å². The third-order valence-electron chi connectivity index (χ3n) is 4.14. The van der Waals surface area contributed by atoms with Gasteiger partial charge in [0.15, 0.2) is 0 Å². The fourth-order valence-corrected chi connectivity index (χ4v) is 3.09. The number of imidazole rings is 1. The molecule has 0 bridgehead atoms. The normalized spacial score (nSPS) is 23.9. The van der Waals surface area contributed by atoms with Gasteiger partial charge in [-0.15, -0.1) is 0 Å². The van der Waals surface area contributed by atoms with E-state index in [1.165, 1.54) is 25.0 Å². The van der Waals surface area contributed by atoms with Crippen LogP contribution < -0.4 is 5.32 Å². The lowest BCUT2D eigenvalue weighted by atomic mass is 9.90. The molecule has 3 rings (SSSR count). The van der Waals surface area contributed by atoms with Crippen LogP contribution in [0.5, 0.6) is 0 Å². The Kier molecular flexibility index (Phi) is 3.05. The van der Waals surface area contributed by atoms with Crippen molar-refractivity contribution in [3.63, 3.8) is 0 Å². The number of benzene rings is 1. The van der Waals surface area contributed by atoms with Gasteiger partial charge in [-0.05, 0) is 51.8 Å². The van der Waals surface area contributed by atoms with Gasteiger partial charge in [-0.25, -0.2) is 9.37 Å². The van der Waals surface area contributed by atoms with E-state index < -0.39 is 0 Å². The van der Waals surface area contributed by atoms with Crippen molar-refractivity contribution in [3.05, 3.63) is 29.8 Å². The zero-order chi connectivity index (χ0) is 13.5. The highest BCUT2D eigenvalue weighted by molar-refractivity contribution is 5.76. The summed E-state index contributed by atoms with van der Waals surface area (Å²) in [6.45, 7) is 6.20. The summed E-state index contributed by atoms with van der Waals surface area (Å²) in [5.74, 6) is 0.817. The van der Waals surface area contributed by atoms with Crippen LogP contribution in [0.2, 0.25) is 0 Å². The minimum absolute atomic E-state index is 0.0935. The molecule has 1 unspecified atom stereocenters. The van der Waals surface area contributed by atoms with Gasteiger partial charge in [0.25, 0.3) is 0 Å². The topological polar surface area (TPSA) is 29.9 Å². The number of nitrogens with one attached hydrogen (secondary N) is 1. The van der Waals surface area contributed by atoms with Gasteiger partial charge >= 0.3 is 0 Å². The zero-order valence-corrected chi connectivity index (χ0v) is 11.5. The first-order valence-electron chi connectivity index (χ1n) is 7.05. The van der Waals surface area contributed by atoms with Crippen LogP contribution in [0, 0.1) is 5.82 Å². The predicted molar refractivity (Wildman–Crippen MR) is 74.6 cm³/mol. The standard InChI is InChI=1S/C15H20FN3/c1-3-19-13-7-6-11(16)10-12(13)18-14(19)15(2)8-4-5-9-17-15/h6-7,10,17H,3-5,8-9H2,1-2H3. The van der Waals surface area contributed by atoms with E-state index >= 15 is 0 Å². The van der Waals surface area contributed by atoms with Crippen LogP contribution in [-0.2, 0) is 12.1 Å². The lowest BCUT2D eigenvalue weighted by Crippen LogP contribution is -2.45. The Bertz CT molecular complexity index is 597. The molecule has 1 aromatic heterocycles. The number of aromatic nitrogens is 2. The first kappa shape index (κ1) is 12.6. The molecule has 1 N–H and O–H groups in total. The SMILES string of the molecule is CCn1c(C2(C)CCCCN2)nc2cc(F)ccc21. The summed E-state index contributed by atoms with van der Waals surface area (Å²) in [4.78, 5) is 4.70. The smallest absolute Gasteiger partial charge is 0.129 e. The minimum atomic E-state index is -0.221. The molecule has 102 valence electrons. The summed E-state index contributed by atoms with van der Waals surface area (Å²) in [7, 11) is 0. The quantitative estimate of drug-likeness (QED) is 0.899. The second-order valence-electron chi connectivity index (χ2n) is 5.53. The molecule has 0 aliphatic carbocycles. The first-order valence-corrected chi connectivity index (χ1v) is 7.05. The number of hydrogen-bond acceptors (Lipinski definition) is 2. The van der Waals surface area contributed by atoms with Crippen molar-refractivity contribution in [3.8, 4) is 0 Å². The van der Waals surface area contributed by atoms with Crippen LogP contribution in [0.3, 0.4) is 0 Å². The fraction of sp³-hybridized carbons (Fsp3) is 0.533. The van der Waals surface area contributed by atoms with Crippen LogP contribution in [0.15, 0.2) is 18.2 Å². The first-order chi connectivity index (χ1) is 9.14. The fourth-order valence-electron chi connectivity index (χ4n) is 3.09. The molecular formula is C15H20FN3. The zero-order valence-electron chi connectivity index (χ0n) is 11.5. The van der Waals surface area contributed by atoms with E-state index in [2.05, 4.69) is 23.7 Å². The molecule has 0 saturated carbocycles. The number of halogens is 1. The van der Waals surface area contributed by atoms with Crippen molar-refractivity contribution in [2.75, 3.05) is 6.54 Å². The lowest BCUT2D eigenvalue weighted by Gasteiger charge is -2.34. The molecule has 2 aromatic rings. The van der Waals surface area contributed by atoms with Crippen molar-refractivity contribution in [1.82, 2.24) is 14.9 Å². The molecule has 3 nitrogen and oxygen atoms in total.